The molecule has 0 aromatic heterocycles. The van der Waals surface area contributed by atoms with Crippen molar-refractivity contribution in [2.45, 2.75) is 19.0 Å². The van der Waals surface area contributed by atoms with Gasteiger partial charge in [-0.3, -0.25) is 4.90 Å². The molecule has 2 aromatic rings. The van der Waals surface area contributed by atoms with Crippen molar-refractivity contribution in [1.82, 2.24) is 10.2 Å². The van der Waals surface area contributed by atoms with Gasteiger partial charge in [0.2, 0.25) is 0 Å². The molecule has 0 unspecified atom stereocenters. The van der Waals surface area contributed by atoms with E-state index in [-0.39, 0.29) is 0 Å². The molecule has 0 saturated carbocycles. The van der Waals surface area contributed by atoms with Gasteiger partial charge in [0.1, 0.15) is 0 Å². The lowest BCUT2D eigenvalue weighted by Gasteiger charge is -2.33. The van der Waals surface area contributed by atoms with Crippen molar-refractivity contribution < 1.29 is 0 Å². The Balaban J connectivity index is 1.49. The zero-order valence-corrected chi connectivity index (χ0v) is 13.0. The molecular formula is C20H24N2. The van der Waals surface area contributed by atoms with Gasteiger partial charge in [0.25, 0.3) is 0 Å². The lowest BCUT2D eigenvalue weighted by atomic mass is 10.1. The van der Waals surface area contributed by atoms with Gasteiger partial charge in [0, 0.05) is 32.2 Å². The summed E-state index contributed by atoms with van der Waals surface area (Å²) in [5.74, 6) is 0. The summed E-state index contributed by atoms with van der Waals surface area (Å²) >= 11 is 0. The van der Waals surface area contributed by atoms with Crippen LogP contribution in [0.5, 0.6) is 0 Å². The van der Waals surface area contributed by atoms with E-state index in [4.69, 9.17) is 0 Å². The highest BCUT2D eigenvalue weighted by Crippen LogP contribution is 2.10. The minimum atomic E-state index is 0.553. The summed E-state index contributed by atoms with van der Waals surface area (Å²) < 4.78 is 0. The monoisotopic (exact) mass is 292 g/mol. The maximum Gasteiger partial charge on any atom is 0.0234 e. The Bertz CT molecular complexity index is 577. The van der Waals surface area contributed by atoms with Crippen LogP contribution >= 0.6 is 0 Å². The second kappa shape index (κ2) is 7.92. The van der Waals surface area contributed by atoms with E-state index in [0.717, 1.165) is 32.6 Å². The summed E-state index contributed by atoms with van der Waals surface area (Å²) in [6, 6.07) is 21.8. The summed E-state index contributed by atoms with van der Waals surface area (Å²) in [5, 5.41) is 3.63. The standard InChI is InChI=1S/C20H24N2/c1-3-8-18(9-4-1)12-7-13-20-17-22(15-14-21-20)16-19-10-5-2-6-11-19/h1-12,20-21H,13-17H2/t20-/m0/s1. The third-order valence-corrected chi connectivity index (χ3v) is 4.12. The van der Waals surface area contributed by atoms with E-state index in [9.17, 15) is 0 Å². The predicted octanol–water partition coefficient (Wildman–Crippen LogP) is 3.56. The Morgan fingerprint density at radius 3 is 2.50 bits per heavy atom. The second-order valence-corrected chi connectivity index (χ2v) is 5.92. The Kier molecular flexibility index (Phi) is 5.41. The number of hydrogen-bond donors (Lipinski definition) is 1. The van der Waals surface area contributed by atoms with Gasteiger partial charge in [-0.05, 0) is 17.5 Å². The average Bonchev–Trinajstić information content (AvgIpc) is 2.57. The SMILES string of the molecule is C(=Cc1ccccc1)C[C@H]1CN(Cc2ccccc2)CCN1. The molecule has 1 saturated heterocycles. The fourth-order valence-corrected chi connectivity index (χ4v) is 2.97. The van der Waals surface area contributed by atoms with Crippen molar-refractivity contribution in [2.75, 3.05) is 19.6 Å². The van der Waals surface area contributed by atoms with Crippen LogP contribution in [0.1, 0.15) is 17.5 Å². The van der Waals surface area contributed by atoms with Gasteiger partial charge in [-0.1, -0.05) is 72.8 Å². The van der Waals surface area contributed by atoms with E-state index in [1.54, 1.807) is 0 Å². The van der Waals surface area contributed by atoms with Crippen LogP contribution in [0.4, 0.5) is 0 Å². The fraction of sp³-hybridized carbons (Fsp3) is 0.300. The minimum absolute atomic E-state index is 0.553. The first-order chi connectivity index (χ1) is 10.9. The molecule has 1 heterocycles. The van der Waals surface area contributed by atoms with Crippen molar-refractivity contribution in [2.24, 2.45) is 0 Å². The van der Waals surface area contributed by atoms with E-state index >= 15 is 0 Å². The van der Waals surface area contributed by atoms with Crippen LogP contribution < -0.4 is 5.32 Å². The van der Waals surface area contributed by atoms with E-state index < -0.39 is 0 Å². The van der Waals surface area contributed by atoms with Crippen LogP contribution in [0.15, 0.2) is 66.7 Å². The number of nitrogens with zero attached hydrogens (tertiary/aromatic N) is 1. The maximum atomic E-state index is 3.63. The van der Waals surface area contributed by atoms with Gasteiger partial charge < -0.3 is 5.32 Å². The normalized spacial score (nSPS) is 19.5. The molecule has 1 fully saturated rings. The van der Waals surface area contributed by atoms with Crippen molar-refractivity contribution in [3.05, 3.63) is 77.9 Å². The average molecular weight is 292 g/mol. The van der Waals surface area contributed by atoms with Gasteiger partial charge in [-0.25, -0.2) is 0 Å². The number of nitrogens with one attached hydrogen (secondary N) is 1. The molecule has 1 atom stereocenters. The largest absolute Gasteiger partial charge is 0.311 e. The number of piperazine rings is 1. The lowest BCUT2D eigenvalue weighted by Crippen LogP contribution is -2.49. The molecule has 0 amide bonds. The first-order valence-electron chi connectivity index (χ1n) is 8.11. The van der Waals surface area contributed by atoms with E-state index in [2.05, 4.69) is 83.0 Å². The third kappa shape index (κ3) is 4.55. The zero-order valence-electron chi connectivity index (χ0n) is 13.0. The fourth-order valence-electron chi connectivity index (χ4n) is 2.97. The van der Waals surface area contributed by atoms with Crippen LogP contribution in [0.25, 0.3) is 6.08 Å². The molecule has 0 spiro atoms. The molecule has 2 aromatic carbocycles. The highest BCUT2D eigenvalue weighted by molar-refractivity contribution is 5.48. The van der Waals surface area contributed by atoms with Gasteiger partial charge in [-0.2, -0.15) is 0 Å². The van der Waals surface area contributed by atoms with Gasteiger partial charge in [0.05, 0.1) is 0 Å². The van der Waals surface area contributed by atoms with Crippen LogP contribution in [-0.2, 0) is 6.54 Å². The topological polar surface area (TPSA) is 15.3 Å². The molecule has 0 bridgehead atoms. The summed E-state index contributed by atoms with van der Waals surface area (Å²) in [4.78, 5) is 2.55. The summed E-state index contributed by atoms with van der Waals surface area (Å²) in [6.07, 6.45) is 5.59. The van der Waals surface area contributed by atoms with Crippen LogP contribution in [-0.4, -0.2) is 30.6 Å². The van der Waals surface area contributed by atoms with Crippen LogP contribution in [0.3, 0.4) is 0 Å². The lowest BCUT2D eigenvalue weighted by molar-refractivity contribution is 0.193. The van der Waals surface area contributed by atoms with Gasteiger partial charge in [-0.15, -0.1) is 0 Å². The van der Waals surface area contributed by atoms with Crippen molar-refractivity contribution in [3.63, 3.8) is 0 Å². The number of benzene rings is 2. The molecular weight excluding hydrogens is 268 g/mol. The Labute approximate surface area is 133 Å². The number of rotatable bonds is 5. The first-order valence-corrected chi connectivity index (χ1v) is 8.11. The third-order valence-electron chi connectivity index (χ3n) is 4.12. The number of hydrogen-bond acceptors (Lipinski definition) is 2. The summed E-state index contributed by atoms with van der Waals surface area (Å²) in [7, 11) is 0. The Hall–Kier alpha value is -1.90. The maximum absolute atomic E-state index is 3.63. The second-order valence-electron chi connectivity index (χ2n) is 5.92. The Morgan fingerprint density at radius 2 is 1.73 bits per heavy atom. The van der Waals surface area contributed by atoms with E-state index in [1.165, 1.54) is 11.1 Å². The molecule has 114 valence electrons. The molecule has 2 heteroatoms. The highest BCUT2D eigenvalue weighted by atomic mass is 15.2. The van der Waals surface area contributed by atoms with Gasteiger partial charge >= 0.3 is 0 Å². The van der Waals surface area contributed by atoms with E-state index in [0.29, 0.717) is 6.04 Å². The molecule has 1 N–H and O–H groups in total. The zero-order chi connectivity index (χ0) is 15.0. The molecule has 1 aliphatic heterocycles. The quantitative estimate of drug-likeness (QED) is 0.906. The van der Waals surface area contributed by atoms with E-state index in [1.807, 2.05) is 0 Å². The molecule has 0 radical (unpaired) electrons. The van der Waals surface area contributed by atoms with Gasteiger partial charge in [0.15, 0.2) is 0 Å². The predicted molar refractivity (Wildman–Crippen MR) is 93.6 cm³/mol. The van der Waals surface area contributed by atoms with Crippen LogP contribution in [0.2, 0.25) is 0 Å². The van der Waals surface area contributed by atoms with Crippen LogP contribution in [0, 0.1) is 0 Å². The smallest absolute Gasteiger partial charge is 0.0234 e. The van der Waals surface area contributed by atoms with Crippen molar-refractivity contribution >= 4 is 6.08 Å². The minimum Gasteiger partial charge on any atom is -0.311 e. The molecule has 22 heavy (non-hydrogen) atoms. The summed E-state index contributed by atoms with van der Waals surface area (Å²) in [5.41, 5.74) is 2.68. The molecule has 2 nitrogen and oxygen atoms in total. The molecule has 0 aliphatic carbocycles. The highest BCUT2D eigenvalue weighted by Gasteiger charge is 2.17. The summed E-state index contributed by atoms with van der Waals surface area (Å²) in [6.45, 7) is 4.39. The Morgan fingerprint density at radius 1 is 1.00 bits per heavy atom. The molecule has 1 aliphatic rings. The van der Waals surface area contributed by atoms with Crippen molar-refractivity contribution in [3.8, 4) is 0 Å². The molecule has 3 rings (SSSR count). The van der Waals surface area contributed by atoms with Crippen molar-refractivity contribution in [1.29, 1.82) is 0 Å². The first kappa shape index (κ1) is 15.0.